The zero-order valence-corrected chi connectivity index (χ0v) is 35.0. The lowest BCUT2D eigenvalue weighted by Crippen LogP contribution is -2.60. The normalized spacial score (nSPS) is 22.0. The molecule has 7 amide bonds. The van der Waals surface area contributed by atoms with Crippen LogP contribution in [-0.4, -0.2) is 103 Å². The highest BCUT2D eigenvalue weighted by molar-refractivity contribution is 5.96. The first kappa shape index (κ1) is 47.5. The molecule has 3 rings (SSSR count). The average molecular weight is 816 g/mol. The van der Waals surface area contributed by atoms with Gasteiger partial charge in [0.05, 0.1) is 7.11 Å². The van der Waals surface area contributed by atoms with Crippen LogP contribution >= 0.6 is 0 Å². The van der Waals surface area contributed by atoms with E-state index in [2.05, 4.69) is 37.8 Å². The van der Waals surface area contributed by atoms with Gasteiger partial charge in [-0.2, -0.15) is 0 Å². The van der Waals surface area contributed by atoms with E-state index in [1.165, 1.54) is 19.1 Å². The summed E-state index contributed by atoms with van der Waals surface area (Å²) in [5, 5.41) is 16.6. The minimum Gasteiger partial charge on any atom is -0.467 e. The first-order valence-corrected chi connectivity index (χ1v) is 20.2. The predicted octanol–water partition coefficient (Wildman–Crippen LogP) is 2.38. The summed E-state index contributed by atoms with van der Waals surface area (Å²) in [4.78, 5) is 97.2. The molecule has 6 atom stereocenters. The van der Waals surface area contributed by atoms with E-state index in [4.69, 9.17) is 11.2 Å². The Morgan fingerprint density at radius 3 is 1.97 bits per heavy atom. The lowest BCUT2D eigenvalue weighted by molar-refractivity contribution is -0.143. The van der Waals surface area contributed by atoms with Crippen LogP contribution < -0.4 is 31.9 Å². The molecular formula is C44H61N7O8. The van der Waals surface area contributed by atoms with Crippen molar-refractivity contribution in [1.82, 2.24) is 36.8 Å². The molecule has 2 aromatic carbocycles. The van der Waals surface area contributed by atoms with Gasteiger partial charge in [-0.05, 0) is 55.1 Å². The molecule has 15 nitrogen and oxygen atoms in total. The van der Waals surface area contributed by atoms with E-state index in [-0.39, 0.29) is 56.9 Å². The van der Waals surface area contributed by atoms with Crippen molar-refractivity contribution >= 4 is 41.5 Å². The number of nitrogens with one attached hydrogen (secondary N) is 6. The first-order chi connectivity index (χ1) is 28.1. The Balaban J connectivity index is 1.98. The van der Waals surface area contributed by atoms with Crippen molar-refractivity contribution in [3.8, 4) is 12.3 Å². The number of likely N-dealkylation sites (N-methyl/N-ethyl adjacent to an activating group) is 1. The summed E-state index contributed by atoms with van der Waals surface area (Å²) in [6.07, 6.45) is 7.05. The largest absolute Gasteiger partial charge is 0.467 e. The van der Waals surface area contributed by atoms with Gasteiger partial charge >= 0.3 is 12.0 Å². The van der Waals surface area contributed by atoms with Gasteiger partial charge in [-0.1, -0.05) is 88.4 Å². The second-order valence-corrected chi connectivity index (χ2v) is 15.7. The number of methoxy groups -OCH3 is 1. The van der Waals surface area contributed by atoms with Crippen molar-refractivity contribution in [2.75, 3.05) is 20.7 Å². The average Bonchev–Trinajstić information content (AvgIpc) is 3.20. The van der Waals surface area contributed by atoms with Crippen LogP contribution in [0.4, 0.5) is 4.79 Å². The van der Waals surface area contributed by atoms with E-state index < -0.39 is 77.8 Å². The SMILES string of the molecule is C#CC[C@H]1C(=O)N[C@@H](Cc2ccccc2)C(=O)NCCCC[C@@H](NC(=O)N[C@@H](Cc2ccccc2)C(=O)OC)C(=O)N[C@@H](CC(C)C)C(=O)N[C@@H](CC(C)C)C(=O)N1C. The van der Waals surface area contributed by atoms with E-state index >= 15 is 0 Å². The molecule has 0 saturated carbocycles. The third-order valence-electron chi connectivity index (χ3n) is 9.92. The molecule has 0 bridgehead atoms. The fourth-order valence-corrected chi connectivity index (χ4v) is 6.80. The van der Waals surface area contributed by atoms with Crippen molar-refractivity contribution in [2.24, 2.45) is 11.8 Å². The smallest absolute Gasteiger partial charge is 0.328 e. The topological polar surface area (TPSA) is 204 Å². The third-order valence-corrected chi connectivity index (χ3v) is 9.92. The van der Waals surface area contributed by atoms with Gasteiger partial charge < -0.3 is 41.5 Å². The van der Waals surface area contributed by atoms with Crippen LogP contribution in [0, 0.1) is 24.2 Å². The Labute approximate surface area is 347 Å². The molecule has 0 aromatic heterocycles. The van der Waals surface area contributed by atoms with Gasteiger partial charge in [-0.3, -0.25) is 24.0 Å². The Bertz CT molecular complexity index is 1760. The lowest BCUT2D eigenvalue weighted by Gasteiger charge is -2.32. The van der Waals surface area contributed by atoms with Gasteiger partial charge in [0.2, 0.25) is 29.5 Å². The van der Waals surface area contributed by atoms with Crippen LogP contribution in [0.15, 0.2) is 60.7 Å². The molecule has 6 N–H and O–H groups in total. The standard InChI is InChI=1S/C44H61N7O8/c1-8-17-37-41(55)47-34(26-30-18-11-9-12-19-30)38(52)45-23-16-15-22-32(49-44(58)50-36(43(57)59-7)27-31-20-13-10-14-21-31)39(53)46-33(24-28(2)3)40(54)48-35(25-29(4)5)42(56)51(37)6/h1,9-14,18-21,28-29,32-37H,15-17,22-27H2,2-7H3,(H,45,52)(H,46,53)(H,47,55)(H,48,54)(H2,49,50,58)/t32-,33+,34+,35+,36+,37+/m1/s1. The van der Waals surface area contributed by atoms with Crippen LogP contribution in [0.5, 0.6) is 0 Å². The maximum absolute atomic E-state index is 14.2. The number of hydrogen-bond acceptors (Lipinski definition) is 8. The van der Waals surface area contributed by atoms with Gasteiger partial charge in [0.15, 0.2) is 0 Å². The zero-order chi connectivity index (χ0) is 43.5. The summed E-state index contributed by atoms with van der Waals surface area (Å²) in [5.41, 5.74) is 1.56. The summed E-state index contributed by atoms with van der Waals surface area (Å²) >= 11 is 0. The third kappa shape index (κ3) is 15.8. The Kier molecular flexibility index (Phi) is 19.4. The molecule has 1 aliphatic rings. The van der Waals surface area contributed by atoms with Gasteiger partial charge in [0.25, 0.3) is 0 Å². The molecule has 59 heavy (non-hydrogen) atoms. The van der Waals surface area contributed by atoms with Crippen LogP contribution in [0.3, 0.4) is 0 Å². The molecule has 0 unspecified atom stereocenters. The highest BCUT2D eigenvalue weighted by Gasteiger charge is 2.36. The van der Waals surface area contributed by atoms with Crippen LogP contribution in [0.2, 0.25) is 0 Å². The number of esters is 1. The van der Waals surface area contributed by atoms with Crippen LogP contribution in [-0.2, 0) is 46.3 Å². The number of hydrogen-bond donors (Lipinski definition) is 6. The number of nitrogens with zero attached hydrogens (tertiary/aromatic N) is 1. The lowest BCUT2D eigenvalue weighted by atomic mass is 9.98. The van der Waals surface area contributed by atoms with Crippen LogP contribution in [0.25, 0.3) is 0 Å². The fraction of sp³-hybridized carbons (Fsp3) is 0.523. The molecular weight excluding hydrogens is 755 g/mol. The maximum Gasteiger partial charge on any atom is 0.328 e. The Morgan fingerprint density at radius 1 is 0.797 bits per heavy atom. The van der Waals surface area contributed by atoms with E-state index in [1.54, 1.807) is 24.3 Å². The van der Waals surface area contributed by atoms with Crippen LogP contribution in [0.1, 0.15) is 77.3 Å². The molecule has 1 saturated heterocycles. The molecule has 320 valence electrons. The highest BCUT2D eigenvalue weighted by Crippen LogP contribution is 2.15. The highest BCUT2D eigenvalue weighted by atomic mass is 16.5. The molecule has 1 aliphatic heterocycles. The number of ether oxygens (including phenoxy) is 1. The number of carbonyl (C=O) groups excluding carboxylic acids is 7. The molecule has 0 aliphatic carbocycles. The van der Waals surface area contributed by atoms with Crippen molar-refractivity contribution in [3.63, 3.8) is 0 Å². The maximum atomic E-state index is 14.2. The summed E-state index contributed by atoms with van der Waals surface area (Å²) in [6.45, 7) is 7.69. The molecule has 0 spiro atoms. The number of carbonyl (C=O) groups is 7. The molecule has 1 fully saturated rings. The summed E-state index contributed by atoms with van der Waals surface area (Å²) in [7, 11) is 2.64. The number of terminal acetylenes is 1. The number of benzene rings is 2. The zero-order valence-electron chi connectivity index (χ0n) is 35.0. The second kappa shape index (κ2) is 24.1. The van der Waals surface area contributed by atoms with Crippen molar-refractivity contribution in [1.29, 1.82) is 0 Å². The van der Waals surface area contributed by atoms with Gasteiger partial charge in [0, 0.05) is 32.9 Å². The van der Waals surface area contributed by atoms with Crippen molar-refractivity contribution in [2.45, 2.75) is 115 Å². The van der Waals surface area contributed by atoms with E-state index in [0.29, 0.717) is 12.8 Å². The van der Waals surface area contributed by atoms with Crippen molar-refractivity contribution < 1.29 is 38.3 Å². The summed E-state index contributed by atoms with van der Waals surface area (Å²) in [6, 6.07) is 10.7. The summed E-state index contributed by atoms with van der Waals surface area (Å²) in [5.74, 6) is -1.30. The van der Waals surface area contributed by atoms with E-state index in [0.717, 1.165) is 11.1 Å². The Hall–Kier alpha value is -5.91. The minimum atomic E-state index is -1.17. The molecule has 0 radical (unpaired) electrons. The molecule has 15 heteroatoms. The Morgan fingerprint density at radius 2 is 1.37 bits per heavy atom. The monoisotopic (exact) mass is 815 g/mol. The van der Waals surface area contributed by atoms with Crippen molar-refractivity contribution in [3.05, 3.63) is 71.8 Å². The van der Waals surface area contributed by atoms with Gasteiger partial charge in [-0.15, -0.1) is 12.3 Å². The molecule has 2 aromatic rings. The van der Waals surface area contributed by atoms with Gasteiger partial charge in [0.1, 0.15) is 36.3 Å². The fourth-order valence-electron chi connectivity index (χ4n) is 6.80. The van der Waals surface area contributed by atoms with E-state index in [9.17, 15) is 33.6 Å². The quantitative estimate of drug-likeness (QED) is 0.138. The minimum absolute atomic E-state index is 0.0701. The number of amides is 7. The summed E-state index contributed by atoms with van der Waals surface area (Å²) < 4.78 is 4.94. The first-order valence-electron chi connectivity index (χ1n) is 20.2. The second-order valence-electron chi connectivity index (χ2n) is 15.7. The van der Waals surface area contributed by atoms with Gasteiger partial charge in [-0.25, -0.2) is 9.59 Å². The predicted molar refractivity (Wildman–Crippen MR) is 223 cm³/mol. The molecule has 1 heterocycles. The van der Waals surface area contributed by atoms with E-state index in [1.807, 2.05) is 64.1 Å². The number of rotatable bonds is 12. The number of urea groups is 1.